The molecule has 0 radical (unpaired) electrons. The van der Waals surface area contributed by atoms with Crippen molar-refractivity contribution in [2.45, 2.75) is 51.2 Å². The Morgan fingerprint density at radius 2 is 2.03 bits per heavy atom. The maximum atomic E-state index is 12.8. The van der Waals surface area contributed by atoms with Gasteiger partial charge >= 0.3 is 6.09 Å². The Bertz CT molecular complexity index is 933. The summed E-state index contributed by atoms with van der Waals surface area (Å²) in [6, 6.07) is 3.48. The summed E-state index contributed by atoms with van der Waals surface area (Å²) in [5.74, 6) is 0.309. The molecule has 2 aromatic heterocycles. The Labute approximate surface area is 192 Å². The van der Waals surface area contributed by atoms with Gasteiger partial charge in [-0.15, -0.1) is 22.7 Å². The zero-order chi connectivity index (χ0) is 21.5. The molecule has 4 heterocycles. The normalized spacial score (nSPS) is 19.7. The van der Waals surface area contributed by atoms with Crippen LogP contribution in [0.5, 0.6) is 0 Å². The van der Waals surface area contributed by atoms with Gasteiger partial charge in [0.2, 0.25) is 5.91 Å². The summed E-state index contributed by atoms with van der Waals surface area (Å²) < 4.78 is 6.51. The molecule has 4 rings (SSSR count). The van der Waals surface area contributed by atoms with Crippen LogP contribution in [0.15, 0.2) is 22.1 Å². The van der Waals surface area contributed by atoms with Crippen LogP contribution in [0.25, 0.3) is 0 Å². The number of carbonyl (C=O) groups excluding carboxylic acids is 2. The van der Waals surface area contributed by atoms with E-state index in [0.29, 0.717) is 18.9 Å². The van der Waals surface area contributed by atoms with Crippen molar-refractivity contribution in [3.8, 4) is 0 Å². The molecule has 1 N–H and O–H groups in total. The fourth-order valence-corrected chi connectivity index (χ4v) is 5.87. The smallest absolute Gasteiger partial charge is 0.410 e. The van der Waals surface area contributed by atoms with Crippen LogP contribution < -0.4 is 10.2 Å². The van der Waals surface area contributed by atoms with Gasteiger partial charge in [0.05, 0.1) is 20.0 Å². The fraction of sp³-hybridized carbons (Fsp3) is 0.550. The minimum atomic E-state index is -0.576. The molecular weight excluding hydrogens is 488 g/mol. The van der Waals surface area contributed by atoms with Crippen molar-refractivity contribution in [1.82, 2.24) is 9.88 Å². The number of anilines is 2. The van der Waals surface area contributed by atoms with Crippen molar-refractivity contribution in [1.29, 1.82) is 0 Å². The highest BCUT2D eigenvalue weighted by Crippen LogP contribution is 2.39. The van der Waals surface area contributed by atoms with Crippen LogP contribution in [-0.2, 0) is 9.53 Å². The SMILES string of the molecule is CC(C)(C)OC(=O)N1CCCC1C(=O)Nc1ccc(N2CC(c3ncc(Br)s3)C2)s1. The highest BCUT2D eigenvalue weighted by atomic mass is 79.9. The van der Waals surface area contributed by atoms with Crippen molar-refractivity contribution in [2.75, 3.05) is 29.9 Å². The quantitative estimate of drug-likeness (QED) is 0.629. The van der Waals surface area contributed by atoms with Crippen molar-refractivity contribution in [2.24, 2.45) is 0 Å². The van der Waals surface area contributed by atoms with E-state index in [-0.39, 0.29) is 5.91 Å². The average Bonchev–Trinajstić information content (AvgIpc) is 3.33. The zero-order valence-electron chi connectivity index (χ0n) is 17.2. The Morgan fingerprint density at radius 3 is 2.70 bits per heavy atom. The van der Waals surface area contributed by atoms with Crippen molar-refractivity contribution < 1.29 is 14.3 Å². The number of thiazole rings is 1. The first-order valence-electron chi connectivity index (χ1n) is 9.96. The number of hydrogen-bond acceptors (Lipinski definition) is 7. The second-order valence-corrected chi connectivity index (χ2v) is 12.1. The summed E-state index contributed by atoms with van der Waals surface area (Å²) in [5, 5.41) is 6.08. The number of aromatic nitrogens is 1. The van der Waals surface area contributed by atoms with Gasteiger partial charge in [-0.2, -0.15) is 0 Å². The number of carbonyl (C=O) groups is 2. The fourth-order valence-electron chi connectivity index (χ4n) is 3.62. The van der Waals surface area contributed by atoms with E-state index >= 15 is 0 Å². The summed E-state index contributed by atoms with van der Waals surface area (Å²) in [6.45, 7) is 7.90. The highest BCUT2D eigenvalue weighted by molar-refractivity contribution is 9.11. The molecule has 7 nitrogen and oxygen atoms in total. The molecule has 30 heavy (non-hydrogen) atoms. The molecule has 2 aliphatic heterocycles. The number of rotatable bonds is 4. The predicted molar refractivity (Wildman–Crippen MR) is 124 cm³/mol. The maximum absolute atomic E-state index is 12.8. The van der Waals surface area contributed by atoms with Gasteiger partial charge in [-0.05, 0) is 61.7 Å². The molecule has 2 aromatic rings. The number of halogens is 1. The number of likely N-dealkylation sites (tertiary alicyclic amines) is 1. The minimum Gasteiger partial charge on any atom is -0.444 e. The van der Waals surface area contributed by atoms with Crippen molar-refractivity contribution >= 4 is 60.6 Å². The Balaban J connectivity index is 1.32. The van der Waals surface area contributed by atoms with Crippen LogP contribution in [0.3, 0.4) is 0 Å². The van der Waals surface area contributed by atoms with Crippen LogP contribution in [0.2, 0.25) is 0 Å². The standard InChI is InChI=1S/C20H25BrN4O3S2/c1-20(2,3)28-19(27)25-8-4-5-13(25)17(26)23-15-6-7-16(30-15)24-10-12(11-24)18-22-9-14(21)29-18/h6-7,9,12-13H,4-5,8,10-11H2,1-3H3,(H,23,26). The van der Waals surface area contributed by atoms with E-state index in [0.717, 1.165) is 38.3 Å². The second kappa shape index (κ2) is 8.47. The summed E-state index contributed by atoms with van der Waals surface area (Å²) in [7, 11) is 0. The van der Waals surface area contributed by atoms with E-state index in [1.165, 1.54) is 0 Å². The number of amides is 2. The number of nitrogens with zero attached hydrogens (tertiary/aromatic N) is 3. The zero-order valence-corrected chi connectivity index (χ0v) is 20.4. The van der Waals surface area contributed by atoms with E-state index in [1.807, 2.05) is 39.1 Å². The van der Waals surface area contributed by atoms with Gasteiger partial charge in [-0.3, -0.25) is 9.69 Å². The van der Waals surface area contributed by atoms with Gasteiger partial charge in [-0.25, -0.2) is 9.78 Å². The highest BCUT2D eigenvalue weighted by Gasteiger charge is 2.37. The second-order valence-electron chi connectivity index (χ2n) is 8.56. The molecule has 1 unspecified atom stereocenters. The Hall–Kier alpha value is -1.65. The molecule has 0 spiro atoms. The van der Waals surface area contributed by atoms with Gasteiger partial charge in [0.15, 0.2) is 0 Å². The first-order chi connectivity index (χ1) is 14.2. The van der Waals surface area contributed by atoms with E-state index in [9.17, 15) is 9.59 Å². The van der Waals surface area contributed by atoms with E-state index < -0.39 is 17.7 Å². The average molecular weight is 513 g/mol. The van der Waals surface area contributed by atoms with Crippen LogP contribution >= 0.6 is 38.6 Å². The van der Waals surface area contributed by atoms with Crippen molar-refractivity contribution in [3.05, 3.63) is 27.1 Å². The third-order valence-electron chi connectivity index (χ3n) is 5.06. The predicted octanol–water partition coefficient (Wildman–Crippen LogP) is 4.91. The number of thiophene rings is 1. The lowest BCUT2D eigenvalue weighted by Gasteiger charge is -2.38. The monoisotopic (exact) mass is 512 g/mol. The van der Waals surface area contributed by atoms with Crippen LogP contribution in [0.4, 0.5) is 14.8 Å². The molecule has 0 aromatic carbocycles. The lowest BCUT2D eigenvalue weighted by Crippen LogP contribution is -2.45. The van der Waals surface area contributed by atoms with E-state index in [1.54, 1.807) is 27.6 Å². The number of ether oxygens (including phenoxy) is 1. The maximum Gasteiger partial charge on any atom is 0.410 e. The van der Waals surface area contributed by atoms with Crippen LogP contribution in [0, 0.1) is 0 Å². The molecule has 162 valence electrons. The van der Waals surface area contributed by atoms with E-state index in [4.69, 9.17) is 4.74 Å². The molecular formula is C20H25BrN4O3S2. The summed E-state index contributed by atoms with van der Waals surface area (Å²) >= 11 is 6.71. The minimum absolute atomic E-state index is 0.152. The van der Waals surface area contributed by atoms with Gasteiger partial charge < -0.3 is 15.0 Å². The molecule has 0 aliphatic carbocycles. The Kier molecular flexibility index (Phi) is 6.09. The first-order valence-corrected chi connectivity index (χ1v) is 12.4. The molecule has 2 fully saturated rings. The lowest BCUT2D eigenvalue weighted by atomic mass is 10.0. The van der Waals surface area contributed by atoms with Gasteiger partial charge in [0.25, 0.3) is 0 Å². The molecule has 2 saturated heterocycles. The third kappa shape index (κ3) is 4.81. The molecule has 0 bridgehead atoms. The number of nitrogens with one attached hydrogen (secondary N) is 1. The largest absolute Gasteiger partial charge is 0.444 e. The van der Waals surface area contributed by atoms with Gasteiger partial charge in [0.1, 0.15) is 16.7 Å². The first kappa shape index (κ1) is 21.6. The summed E-state index contributed by atoms with van der Waals surface area (Å²) in [6.07, 6.45) is 2.88. The molecule has 2 aliphatic rings. The van der Waals surface area contributed by atoms with Crippen LogP contribution in [0.1, 0.15) is 44.5 Å². The van der Waals surface area contributed by atoms with Gasteiger partial charge in [-0.1, -0.05) is 0 Å². The van der Waals surface area contributed by atoms with Gasteiger partial charge in [0, 0.05) is 25.6 Å². The molecule has 1 atom stereocenters. The molecule has 2 amide bonds. The van der Waals surface area contributed by atoms with E-state index in [2.05, 4.69) is 31.1 Å². The van der Waals surface area contributed by atoms with Crippen LogP contribution in [-0.4, -0.2) is 53.2 Å². The summed E-state index contributed by atoms with van der Waals surface area (Å²) in [5.41, 5.74) is -0.576. The third-order valence-corrected chi connectivity index (χ3v) is 7.76. The summed E-state index contributed by atoms with van der Waals surface area (Å²) in [4.78, 5) is 33.5. The topological polar surface area (TPSA) is 74.8 Å². The van der Waals surface area contributed by atoms with Crippen molar-refractivity contribution in [3.63, 3.8) is 0 Å². The molecule has 10 heteroatoms. The Morgan fingerprint density at radius 1 is 1.27 bits per heavy atom. The molecule has 0 saturated carbocycles. The number of hydrogen-bond donors (Lipinski definition) is 1. The lowest BCUT2D eigenvalue weighted by molar-refractivity contribution is -0.120.